The summed E-state index contributed by atoms with van der Waals surface area (Å²) in [6.45, 7) is 5.59. The number of carbonyl (C=O) groups excluding carboxylic acids is 2. The van der Waals surface area contributed by atoms with Gasteiger partial charge in [0.1, 0.15) is 0 Å². The smallest absolute Gasteiger partial charge is 0.335 e. The summed E-state index contributed by atoms with van der Waals surface area (Å²) in [5.41, 5.74) is 3.80. The maximum Gasteiger partial charge on any atom is 0.335 e. The second kappa shape index (κ2) is 10.9. The largest absolute Gasteiger partial charge is 0.466 e. The van der Waals surface area contributed by atoms with Crippen molar-refractivity contribution in [2.75, 3.05) is 7.11 Å². The minimum absolute atomic E-state index is 0.138. The van der Waals surface area contributed by atoms with Crippen molar-refractivity contribution in [1.82, 2.24) is 10.3 Å². The molecule has 0 aliphatic carbocycles. The first-order chi connectivity index (χ1) is 14.4. The van der Waals surface area contributed by atoms with E-state index < -0.39 is 5.97 Å². The third kappa shape index (κ3) is 5.77. The summed E-state index contributed by atoms with van der Waals surface area (Å²) in [7, 11) is 1.33. The molecule has 0 bridgehead atoms. The Labute approximate surface area is 177 Å². The van der Waals surface area contributed by atoms with E-state index in [1.165, 1.54) is 7.11 Å². The number of carbonyl (C=O) groups is 2. The Balaban J connectivity index is 2.37. The summed E-state index contributed by atoms with van der Waals surface area (Å²) in [6.07, 6.45) is 3.30. The number of nitrogens with one attached hydrogen (secondary N) is 1. The van der Waals surface area contributed by atoms with Gasteiger partial charge in [0.25, 0.3) is 0 Å². The van der Waals surface area contributed by atoms with Gasteiger partial charge in [-0.3, -0.25) is 9.78 Å². The predicted octanol–water partition coefficient (Wildman–Crippen LogP) is 4.16. The summed E-state index contributed by atoms with van der Waals surface area (Å²) in [5.74, 6) is -0.806. The number of pyridine rings is 1. The topological polar surface area (TPSA) is 92.1 Å². The summed E-state index contributed by atoms with van der Waals surface area (Å²) in [5, 5.41) is 12.2. The van der Waals surface area contributed by atoms with Crippen molar-refractivity contribution < 1.29 is 14.3 Å². The van der Waals surface area contributed by atoms with Crippen LogP contribution >= 0.6 is 0 Å². The van der Waals surface area contributed by atoms with Crippen LogP contribution in [0.1, 0.15) is 44.7 Å². The number of nitriles is 1. The first-order valence-corrected chi connectivity index (χ1v) is 9.96. The highest BCUT2D eigenvalue weighted by atomic mass is 16.5. The summed E-state index contributed by atoms with van der Waals surface area (Å²) in [6, 6.07) is 13.1. The lowest BCUT2D eigenvalue weighted by atomic mass is 10.00. The molecule has 0 unspecified atom stereocenters. The third-order valence-electron chi connectivity index (χ3n) is 4.62. The fourth-order valence-electron chi connectivity index (χ4n) is 2.95. The maximum atomic E-state index is 12.5. The number of aromatic nitrogens is 1. The fourth-order valence-corrected chi connectivity index (χ4v) is 2.95. The van der Waals surface area contributed by atoms with Gasteiger partial charge in [-0.15, -0.1) is 0 Å². The molecular weight excluding hydrogens is 378 g/mol. The molecule has 30 heavy (non-hydrogen) atoms. The zero-order chi connectivity index (χ0) is 22.1. The Bertz CT molecular complexity index is 970. The van der Waals surface area contributed by atoms with Crippen molar-refractivity contribution in [2.45, 2.75) is 40.0 Å². The van der Waals surface area contributed by atoms with E-state index in [0.717, 1.165) is 17.5 Å². The van der Waals surface area contributed by atoms with E-state index in [-0.39, 0.29) is 18.2 Å². The normalized spacial score (nSPS) is 11.5. The predicted molar refractivity (Wildman–Crippen MR) is 115 cm³/mol. The zero-order valence-electron chi connectivity index (χ0n) is 17.9. The number of ether oxygens (including phenoxy) is 1. The number of methoxy groups -OCH3 is 1. The number of benzene rings is 1. The molecular formula is C24H27N3O3. The molecule has 6 heteroatoms. The number of esters is 1. The van der Waals surface area contributed by atoms with Gasteiger partial charge in [0.2, 0.25) is 5.91 Å². The van der Waals surface area contributed by atoms with Gasteiger partial charge in [0, 0.05) is 29.8 Å². The minimum atomic E-state index is -0.471. The van der Waals surface area contributed by atoms with Crippen LogP contribution in [0.2, 0.25) is 0 Å². The van der Waals surface area contributed by atoms with Crippen LogP contribution in [0.25, 0.3) is 11.3 Å². The molecule has 0 aliphatic rings. The van der Waals surface area contributed by atoms with Crippen LogP contribution in [0, 0.1) is 17.2 Å². The van der Waals surface area contributed by atoms with Gasteiger partial charge in [-0.2, -0.15) is 5.26 Å². The van der Waals surface area contributed by atoms with Gasteiger partial charge in [-0.25, -0.2) is 4.79 Å². The lowest BCUT2D eigenvalue weighted by molar-refractivity contribution is -0.136. The van der Waals surface area contributed by atoms with Crippen molar-refractivity contribution >= 4 is 11.9 Å². The average molecular weight is 405 g/mol. The SMILES string of the molecule is CCC/C(NC(=O)C(C)C)=C(\Cc1ccc(-c2ccccc2C#N)nc1)C(=O)OC. The molecule has 1 aromatic heterocycles. The molecule has 156 valence electrons. The summed E-state index contributed by atoms with van der Waals surface area (Å²) >= 11 is 0. The van der Waals surface area contributed by atoms with Crippen LogP contribution < -0.4 is 5.32 Å². The molecule has 1 amide bonds. The number of hydrogen-bond donors (Lipinski definition) is 1. The molecule has 2 rings (SSSR count). The van der Waals surface area contributed by atoms with E-state index in [2.05, 4.69) is 16.4 Å². The first-order valence-electron chi connectivity index (χ1n) is 9.96. The van der Waals surface area contributed by atoms with Crippen LogP contribution in [0.5, 0.6) is 0 Å². The minimum Gasteiger partial charge on any atom is -0.466 e. The number of rotatable bonds is 8. The quantitative estimate of drug-likeness (QED) is 0.526. The van der Waals surface area contributed by atoms with Crippen molar-refractivity contribution in [2.24, 2.45) is 5.92 Å². The number of amides is 1. The van der Waals surface area contributed by atoms with Crippen molar-refractivity contribution in [3.8, 4) is 17.3 Å². The molecule has 1 N–H and O–H groups in total. The number of hydrogen-bond acceptors (Lipinski definition) is 5. The average Bonchev–Trinajstić information content (AvgIpc) is 2.77. The molecule has 0 saturated heterocycles. The molecule has 0 atom stereocenters. The fraction of sp³-hybridized carbons (Fsp3) is 0.333. The molecule has 0 aliphatic heterocycles. The van der Waals surface area contributed by atoms with Crippen LogP contribution in [0.15, 0.2) is 53.9 Å². The van der Waals surface area contributed by atoms with E-state index in [1.54, 1.807) is 26.1 Å². The molecule has 6 nitrogen and oxygen atoms in total. The van der Waals surface area contributed by atoms with Crippen LogP contribution in [0.3, 0.4) is 0 Å². The maximum absolute atomic E-state index is 12.5. The van der Waals surface area contributed by atoms with E-state index >= 15 is 0 Å². The molecule has 1 aromatic carbocycles. The number of allylic oxidation sites excluding steroid dienone is 1. The van der Waals surface area contributed by atoms with E-state index in [9.17, 15) is 14.9 Å². The Morgan fingerprint density at radius 2 is 1.93 bits per heavy atom. The Morgan fingerprint density at radius 3 is 2.50 bits per heavy atom. The second-order valence-electron chi connectivity index (χ2n) is 7.23. The van der Waals surface area contributed by atoms with E-state index in [1.807, 2.05) is 37.3 Å². The second-order valence-corrected chi connectivity index (χ2v) is 7.23. The van der Waals surface area contributed by atoms with Crippen LogP contribution in [-0.4, -0.2) is 24.0 Å². The van der Waals surface area contributed by atoms with Gasteiger partial charge in [-0.1, -0.05) is 51.5 Å². The van der Waals surface area contributed by atoms with Gasteiger partial charge < -0.3 is 10.1 Å². The van der Waals surface area contributed by atoms with E-state index in [0.29, 0.717) is 28.9 Å². The summed E-state index contributed by atoms with van der Waals surface area (Å²) < 4.78 is 4.97. The van der Waals surface area contributed by atoms with Crippen molar-refractivity contribution in [3.05, 3.63) is 65.0 Å². The van der Waals surface area contributed by atoms with E-state index in [4.69, 9.17) is 4.74 Å². The molecule has 0 radical (unpaired) electrons. The molecule has 2 aromatic rings. The first kappa shape index (κ1) is 22.8. The highest BCUT2D eigenvalue weighted by molar-refractivity contribution is 5.91. The molecule has 1 heterocycles. The lowest BCUT2D eigenvalue weighted by Crippen LogP contribution is -2.30. The van der Waals surface area contributed by atoms with Crippen LogP contribution in [0.4, 0.5) is 0 Å². The van der Waals surface area contributed by atoms with Gasteiger partial charge in [-0.05, 0) is 24.1 Å². The Kier molecular flexibility index (Phi) is 8.30. The lowest BCUT2D eigenvalue weighted by Gasteiger charge is -2.16. The third-order valence-corrected chi connectivity index (χ3v) is 4.62. The Morgan fingerprint density at radius 1 is 1.20 bits per heavy atom. The van der Waals surface area contributed by atoms with Gasteiger partial charge >= 0.3 is 5.97 Å². The highest BCUT2D eigenvalue weighted by Crippen LogP contribution is 2.23. The van der Waals surface area contributed by atoms with Crippen molar-refractivity contribution in [3.63, 3.8) is 0 Å². The molecule has 0 fully saturated rings. The van der Waals surface area contributed by atoms with Crippen molar-refractivity contribution in [1.29, 1.82) is 5.26 Å². The molecule has 0 saturated carbocycles. The van der Waals surface area contributed by atoms with Crippen LogP contribution in [-0.2, 0) is 20.7 Å². The number of nitrogens with zero attached hydrogens (tertiary/aromatic N) is 2. The highest BCUT2D eigenvalue weighted by Gasteiger charge is 2.19. The van der Waals surface area contributed by atoms with Gasteiger partial charge in [0.15, 0.2) is 0 Å². The zero-order valence-corrected chi connectivity index (χ0v) is 17.9. The van der Waals surface area contributed by atoms with Gasteiger partial charge in [0.05, 0.1) is 30.0 Å². The standard InChI is InChI=1S/C24H27N3O3/c1-5-8-22(27-23(28)16(2)3)20(24(29)30-4)13-17-11-12-21(26-15-17)19-10-7-6-9-18(19)14-25/h6-7,9-12,15-16H,5,8,13H2,1-4H3,(H,27,28)/b22-20-. The Hall–Kier alpha value is -3.46. The monoisotopic (exact) mass is 405 g/mol. The molecule has 0 spiro atoms. The summed E-state index contributed by atoms with van der Waals surface area (Å²) in [4.78, 5) is 29.2.